The van der Waals surface area contributed by atoms with Crippen LogP contribution in [0, 0.1) is 26.7 Å². The number of nitrogens with zero attached hydrogens (tertiary/aromatic N) is 2. The summed E-state index contributed by atoms with van der Waals surface area (Å²) in [6, 6.07) is -0.625. The van der Waals surface area contributed by atoms with Crippen molar-refractivity contribution >= 4 is 23.6 Å². The van der Waals surface area contributed by atoms with Crippen LogP contribution in [0.4, 0.5) is 0 Å². The quantitative estimate of drug-likeness (QED) is 0.466. The molecule has 0 unspecified atom stereocenters. The Balaban J connectivity index is 2.67. The van der Waals surface area contributed by atoms with Gasteiger partial charge >= 0.3 is 5.97 Å². The monoisotopic (exact) mass is 339 g/mol. The highest BCUT2D eigenvalue weighted by molar-refractivity contribution is 7.99. The molecule has 0 saturated carbocycles. The van der Waals surface area contributed by atoms with Gasteiger partial charge in [-0.25, -0.2) is 14.8 Å². The zero-order chi connectivity index (χ0) is 17.6. The van der Waals surface area contributed by atoms with Gasteiger partial charge in [-0.1, -0.05) is 32.0 Å². The number of aryl methyl sites for hydroxylation is 2. The summed E-state index contributed by atoms with van der Waals surface area (Å²) in [4.78, 5) is 32.6. The van der Waals surface area contributed by atoms with Crippen LogP contribution in [0.15, 0.2) is 5.16 Å². The highest BCUT2D eigenvalue weighted by Crippen LogP contribution is 2.17. The van der Waals surface area contributed by atoms with Crippen LogP contribution in [-0.4, -0.2) is 40.7 Å². The number of hydrogen-bond acceptors (Lipinski definition) is 6. The first kappa shape index (κ1) is 19.4. The number of carbonyl (C=O) groups excluding carboxylic acids is 2. The molecule has 0 aliphatic heterocycles. The molecular weight excluding hydrogens is 314 g/mol. The number of ether oxygens (including phenoxy) is 1. The predicted octanol–water partition coefficient (Wildman–Crippen LogP) is 2.20. The maximum absolute atomic E-state index is 12.1. The molecule has 0 bridgehead atoms. The van der Waals surface area contributed by atoms with Gasteiger partial charge in [0.2, 0.25) is 5.91 Å². The molecule has 128 valence electrons. The van der Waals surface area contributed by atoms with Gasteiger partial charge in [-0.3, -0.25) is 4.79 Å². The zero-order valence-corrected chi connectivity index (χ0v) is 15.4. The van der Waals surface area contributed by atoms with E-state index in [9.17, 15) is 9.59 Å². The van der Waals surface area contributed by atoms with Gasteiger partial charge in [0.05, 0.1) is 12.9 Å². The largest absolute Gasteiger partial charge is 0.467 e. The highest BCUT2D eigenvalue weighted by atomic mass is 32.2. The van der Waals surface area contributed by atoms with Gasteiger partial charge in [-0.2, -0.15) is 0 Å². The fraction of sp³-hybridized carbons (Fsp3) is 0.625. The molecule has 7 heteroatoms. The Labute approximate surface area is 141 Å². The summed E-state index contributed by atoms with van der Waals surface area (Å²) in [6.07, 6.45) is 0.770. The molecule has 0 aliphatic rings. The van der Waals surface area contributed by atoms with Crippen molar-refractivity contribution in [3.05, 3.63) is 17.0 Å². The molecule has 1 amide bonds. The molecule has 1 N–H and O–H groups in total. The first-order valence-corrected chi connectivity index (χ1v) is 8.60. The smallest absolute Gasteiger partial charge is 0.328 e. The second-order valence-corrected chi connectivity index (χ2v) is 6.49. The number of esters is 1. The van der Waals surface area contributed by atoms with E-state index in [0.29, 0.717) is 5.16 Å². The molecule has 0 spiro atoms. The molecule has 23 heavy (non-hydrogen) atoms. The summed E-state index contributed by atoms with van der Waals surface area (Å²) < 4.78 is 4.76. The topological polar surface area (TPSA) is 81.2 Å². The molecule has 1 aromatic heterocycles. The Morgan fingerprint density at radius 1 is 1.22 bits per heavy atom. The van der Waals surface area contributed by atoms with Crippen molar-refractivity contribution in [2.24, 2.45) is 5.92 Å². The van der Waals surface area contributed by atoms with Crippen LogP contribution in [0.25, 0.3) is 0 Å². The molecule has 6 nitrogen and oxygen atoms in total. The van der Waals surface area contributed by atoms with Crippen molar-refractivity contribution in [3.63, 3.8) is 0 Å². The van der Waals surface area contributed by atoms with Crippen molar-refractivity contribution in [3.8, 4) is 0 Å². The van der Waals surface area contributed by atoms with Gasteiger partial charge < -0.3 is 10.1 Å². The SMILES string of the molecule is CC[C@H](C)[C@H](NC(=O)CSc1nc(C)c(C)c(C)n1)C(=O)OC. The second-order valence-electron chi connectivity index (χ2n) is 5.54. The third kappa shape index (κ3) is 5.49. The van der Waals surface area contributed by atoms with Gasteiger partial charge in [0.1, 0.15) is 6.04 Å². The third-order valence-electron chi connectivity index (χ3n) is 3.93. The lowest BCUT2D eigenvalue weighted by atomic mass is 9.99. The highest BCUT2D eigenvalue weighted by Gasteiger charge is 2.26. The average molecular weight is 339 g/mol. The van der Waals surface area contributed by atoms with Crippen molar-refractivity contribution in [2.45, 2.75) is 52.2 Å². The van der Waals surface area contributed by atoms with Crippen LogP contribution in [0.2, 0.25) is 0 Å². The lowest BCUT2D eigenvalue weighted by Crippen LogP contribution is -2.46. The fourth-order valence-corrected chi connectivity index (χ4v) is 2.69. The van der Waals surface area contributed by atoms with E-state index in [1.807, 2.05) is 34.6 Å². The average Bonchev–Trinajstić information content (AvgIpc) is 2.53. The molecule has 2 atom stereocenters. The number of aromatic nitrogens is 2. The van der Waals surface area contributed by atoms with E-state index in [0.717, 1.165) is 23.4 Å². The van der Waals surface area contributed by atoms with Gasteiger partial charge in [0.15, 0.2) is 5.16 Å². The molecule has 0 fully saturated rings. The molecular formula is C16H25N3O3S. The summed E-state index contributed by atoms with van der Waals surface area (Å²) in [5, 5.41) is 3.31. The number of carbonyl (C=O) groups is 2. The number of rotatable bonds is 7. The fourth-order valence-electron chi connectivity index (χ4n) is 1.95. The van der Waals surface area contributed by atoms with Gasteiger partial charge in [-0.05, 0) is 32.3 Å². The molecule has 1 aromatic rings. The van der Waals surface area contributed by atoms with Gasteiger partial charge in [0, 0.05) is 11.4 Å². The van der Waals surface area contributed by atoms with Crippen LogP contribution in [0.3, 0.4) is 0 Å². The summed E-state index contributed by atoms with van der Waals surface area (Å²) in [5.74, 6) is -0.482. The van der Waals surface area contributed by atoms with E-state index in [1.165, 1.54) is 18.9 Å². The van der Waals surface area contributed by atoms with Crippen molar-refractivity contribution in [2.75, 3.05) is 12.9 Å². The van der Waals surface area contributed by atoms with E-state index in [2.05, 4.69) is 15.3 Å². The van der Waals surface area contributed by atoms with E-state index in [-0.39, 0.29) is 17.6 Å². The molecule has 0 aliphatic carbocycles. The van der Waals surface area contributed by atoms with Crippen LogP contribution in [0.1, 0.15) is 37.2 Å². The van der Waals surface area contributed by atoms with E-state index >= 15 is 0 Å². The number of methoxy groups -OCH3 is 1. The molecule has 0 saturated heterocycles. The minimum absolute atomic E-state index is 0.0107. The minimum atomic E-state index is -0.625. The minimum Gasteiger partial charge on any atom is -0.467 e. The normalized spacial score (nSPS) is 13.3. The van der Waals surface area contributed by atoms with Crippen LogP contribution in [-0.2, 0) is 14.3 Å². The lowest BCUT2D eigenvalue weighted by Gasteiger charge is -2.21. The number of amides is 1. The Morgan fingerprint density at radius 3 is 2.26 bits per heavy atom. The molecule has 0 aromatic carbocycles. The Kier molecular flexibility index (Phi) is 7.48. The van der Waals surface area contributed by atoms with E-state index in [1.54, 1.807) is 0 Å². The first-order valence-electron chi connectivity index (χ1n) is 7.61. The maximum Gasteiger partial charge on any atom is 0.328 e. The van der Waals surface area contributed by atoms with Crippen molar-refractivity contribution in [1.29, 1.82) is 0 Å². The molecule has 1 heterocycles. The number of thioether (sulfide) groups is 1. The number of nitrogens with one attached hydrogen (secondary N) is 1. The molecule has 0 radical (unpaired) electrons. The first-order chi connectivity index (χ1) is 10.8. The third-order valence-corrected chi connectivity index (χ3v) is 4.78. The van der Waals surface area contributed by atoms with Crippen LogP contribution >= 0.6 is 11.8 Å². The Bertz CT molecular complexity index is 555. The second kappa shape index (κ2) is 8.86. The van der Waals surface area contributed by atoms with Crippen molar-refractivity contribution in [1.82, 2.24) is 15.3 Å². The van der Waals surface area contributed by atoms with Gasteiger partial charge in [0.25, 0.3) is 0 Å². The van der Waals surface area contributed by atoms with Crippen LogP contribution in [0.5, 0.6) is 0 Å². The predicted molar refractivity (Wildman–Crippen MR) is 90.4 cm³/mol. The summed E-state index contributed by atoms with van der Waals surface area (Å²) in [7, 11) is 1.32. The summed E-state index contributed by atoms with van der Waals surface area (Å²) in [6.45, 7) is 9.69. The van der Waals surface area contributed by atoms with Gasteiger partial charge in [-0.15, -0.1) is 0 Å². The molecule has 1 rings (SSSR count). The van der Waals surface area contributed by atoms with E-state index in [4.69, 9.17) is 4.74 Å². The zero-order valence-electron chi connectivity index (χ0n) is 14.6. The summed E-state index contributed by atoms with van der Waals surface area (Å²) in [5.41, 5.74) is 2.88. The lowest BCUT2D eigenvalue weighted by molar-refractivity contribution is -0.146. The number of hydrogen-bond donors (Lipinski definition) is 1. The van der Waals surface area contributed by atoms with Crippen molar-refractivity contribution < 1.29 is 14.3 Å². The van der Waals surface area contributed by atoms with Crippen LogP contribution < -0.4 is 5.32 Å². The Morgan fingerprint density at radius 2 is 1.78 bits per heavy atom. The standard InChI is InChI=1S/C16H25N3O3S/c1-7-9(2)14(15(21)22-6)19-13(20)8-23-16-17-11(4)10(3)12(5)18-16/h9,14H,7-8H2,1-6H3,(H,19,20)/t9-,14-/m0/s1. The summed E-state index contributed by atoms with van der Waals surface area (Å²) >= 11 is 1.26. The maximum atomic E-state index is 12.1. The van der Waals surface area contributed by atoms with E-state index < -0.39 is 12.0 Å². The Hall–Kier alpha value is -1.63.